The Morgan fingerprint density at radius 1 is 0.389 bits per heavy atom. The van der Waals surface area contributed by atoms with Gasteiger partial charge in [-0.1, -0.05) is 127 Å². The van der Waals surface area contributed by atoms with E-state index in [0.29, 0.717) is 11.1 Å². The molecular formula is C50H30N4. The highest BCUT2D eigenvalue weighted by Crippen LogP contribution is 2.46. The third kappa shape index (κ3) is 4.76. The van der Waals surface area contributed by atoms with Crippen LogP contribution in [0.2, 0.25) is 0 Å². The van der Waals surface area contributed by atoms with Crippen molar-refractivity contribution >= 4 is 43.6 Å². The van der Waals surface area contributed by atoms with Crippen LogP contribution in [-0.2, 0) is 0 Å². The SMILES string of the molecule is N#Cc1ccc(-c2cc(-c3ccccc3)c(-n3c4ccccc4c4c3ccc3c5ccccc5n(-c5ccccc5)c34)cc2-c2ccccc2)c(C#N)c1. The fourth-order valence-electron chi connectivity index (χ4n) is 8.26. The van der Waals surface area contributed by atoms with Crippen LogP contribution in [0.4, 0.5) is 0 Å². The molecule has 10 aromatic rings. The second-order valence-corrected chi connectivity index (χ2v) is 13.5. The van der Waals surface area contributed by atoms with Crippen molar-refractivity contribution in [3.63, 3.8) is 0 Å². The van der Waals surface area contributed by atoms with Gasteiger partial charge in [0.15, 0.2) is 0 Å². The summed E-state index contributed by atoms with van der Waals surface area (Å²) in [7, 11) is 0. The summed E-state index contributed by atoms with van der Waals surface area (Å²) in [5.74, 6) is 0. The lowest BCUT2D eigenvalue weighted by molar-refractivity contribution is 1.17. The second-order valence-electron chi connectivity index (χ2n) is 13.5. The molecule has 0 aliphatic heterocycles. The first kappa shape index (κ1) is 31.1. The summed E-state index contributed by atoms with van der Waals surface area (Å²) >= 11 is 0. The molecule has 10 rings (SSSR count). The van der Waals surface area contributed by atoms with Crippen LogP contribution < -0.4 is 0 Å². The van der Waals surface area contributed by atoms with E-state index in [4.69, 9.17) is 0 Å². The topological polar surface area (TPSA) is 57.4 Å². The lowest BCUT2D eigenvalue weighted by atomic mass is 9.87. The Kier molecular flexibility index (Phi) is 7.22. The lowest BCUT2D eigenvalue weighted by Crippen LogP contribution is -2.01. The van der Waals surface area contributed by atoms with Crippen molar-refractivity contribution < 1.29 is 0 Å². The van der Waals surface area contributed by atoms with Gasteiger partial charge in [0.2, 0.25) is 0 Å². The molecule has 2 aromatic heterocycles. The van der Waals surface area contributed by atoms with E-state index < -0.39 is 0 Å². The molecule has 0 unspecified atom stereocenters. The van der Waals surface area contributed by atoms with E-state index in [-0.39, 0.29) is 0 Å². The Hall–Kier alpha value is -7.66. The Bertz CT molecular complexity index is 3160. The Morgan fingerprint density at radius 2 is 1.00 bits per heavy atom. The van der Waals surface area contributed by atoms with Crippen LogP contribution in [0.3, 0.4) is 0 Å². The molecule has 0 saturated carbocycles. The number of hydrogen-bond acceptors (Lipinski definition) is 2. The highest BCUT2D eigenvalue weighted by atomic mass is 15.0. The summed E-state index contributed by atoms with van der Waals surface area (Å²) in [6, 6.07) is 67.9. The Labute approximate surface area is 312 Å². The molecule has 0 radical (unpaired) electrons. The van der Waals surface area contributed by atoms with E-state index in [9.17, 15) is 10.5 Å². The largest absolute Gasteiger partial charge is 0.309 e. The zero-order chi connectivity index (χ0) is 36.2. The summed E-state index contributed by atoms with van der Waals surface area (Å²) in [5.41, 5.74) is 13.5. The summed E-state index contributed by atoms with van der Waals surface area (Å²) in [6.45, 7) is 0. The molecule has 0 aliphatic rings. The lowest BCUT2D eigenvalue weighted by Gasteiger charge is -2.20. The molecule has 0 amide bonds. The summed E-state index contributed by atoms with van der Waals surface area (Å²) in [4.78, 5) is 0. The molecule has 0 atom stereocenters. The minimum atomic E-state index is 0.459. The Morgan fingerprint density at radius 3 is 1.69 bits per heavy atom. The molecule has 8 aromatic carbocycles. The number of hydrogen-bond donors (Lipinski definition) is 0. The highest BCUT2D eigenvalue weighted by molar-refractivity contribution is 6.26. The van der Waals surface area contributed by atoms with Crippen molar-refractivity contribution in [1.29, 1.82) is 10.5 Å². The van der Waals surface area contributed by atoms with Gasteiger partial charge in [0, 0.05) is 38.4 Å². The summed E-state index contributed by atoms with van der Waals surface area (Å²) in [5, 5.41) is 24.8. The molecular weight excluding hydrogens is 657 g/mol. The highest BCUT2D eigenvalue weighted by Gasteiger charge is 2.24. The summed E-state index contributed by atoms with van der Waals surface area (Å²) in [6.07, 6.45) is 0. The first-order chi connectivity index (χ1) is 26.7. The van der Waals surface area contributed by atoms with Crippen molar-refractivity contribution in [1.82, 2.24) is 9.13 Å². The maximum atomic E-state index is 10.4. The number of fused-ring (bicyclic) bond motifs is 7. The van der Waals surface area contributed by atoms with Crippen molar-refractivity contribution in [2.45, 2.75) is 0 Å². The molecule has 0 spiro atoms. The number of aromatic nitrogens is 2. The van der Waals surface area contributed by atoms with Gasteiger partial charge in [0.05, 0.1) is 51.0 Å². The van der Waals surface area contributed by atoms with E-state index in [1.54, 1.807) is 12.1 Å². The van der Waals surface area contributed by atoms with Crippen LogP contribution in [0.5, 0.6) is 0 Å². The van der Waals surface area contributed by atoms with Gasteiger partial charge in [0.1, 0.15) is 0 Å². The van der Waals surface area contributed by atoms with E-state index in [0.717, 1.165) is 55.8 Å². The van der Waals surface area contributed by atoms with E-state index in [1.165, 1.54) is 32.6 Å². The number of para-hydroxylation sites is 3. The van der Waals surface area contributed by atoms with Gasteiger partial charge in [-0.2, -0.15) is 10.5 Å². The van der Waals surface area contributed by atoms with E-state index in [1.807, 2.05) is 30.3 Å². The average molecular weight is 687 g/mol. The zero-order valence-corrected chi connectivity index (χ0v) is 29.1. The van der Waals surface area contributed by atoms with Crippen LogP contribution >= 0.6 is 0 Å². The minimum Gasteiger partial charge on any atom is -0.309 e. The first-order valence-electron chi connectivity index (χ1n) is 18.0. The zero-order valence-electron chi connectivity index (χ0n) is 29.1. The summed E-state index contributed by atoms with van der Waals surface area (Å²) < 4.78 is 4.83. The number of benzene rings is 8. The van der Waals surface area contributed by atoms with Gasteiger partial charge in [0.25, 0.3) is 0 Å². The van der Waals surface area contributed by atoms with Gasteiger partial charge in [-0.15, -0.1) is 0 Å². The van der Waals surface area contributed by atoms with Crippen LogP contribution in [0, 0.1) is 22.7 Å². The molecule has 4 heteroatoms. The smallest absolute Gasteiger partial charge is 0.0998 e. The van der Waals surface area contributed by atoms with E-state index in [2.05, 4.69) is 161 Å². The van der Waals surface area contributed by atoms with Gasteiger partial charge in [-0.3, -0.25) is 0 Å². The maximum Gasteiger partial charge on any atom is 0.0998 e. The number of rotatable bonds is 5. The molecule has 0 N–H and O–H groups in total. The normalized spacial score (nSPS) is 11.3. The third-order valence-electron chi connectivity index (χ3n) is 10.6. The predicted octanol–water partition coefficient (Wildman–Crippen LogP) is 12.6. The fourth-order valence-corrected chi connectivity index (χ4v) is 8.26. The van der Waals surface area contributed by atoms with Crippen LogP contribution in [0.1, 0.15) is 11.1 Å². The third-order valence-corrected chi connectivity index (χ3v) is 10.6. The quantitative estimate of drug-likeness (QED) is 0.181. The Balaban J connectivity index is 1.38. The molecule has 250 valence electrons. The predicted molar refractivity (Wildman–Crippen MR) is 221 cm³/mol. The van der Waals surface area contributed by atoms with Crippen molar-refractivity contribution in [2.24, 2.45) is 0 Å². The monoisotopic (exact) mass is 686 g/mol. The molecule has 0 saturated heterocycles. The molecule has 4 nitrogen and oxygen atoms in total. The maximum absolute atomic E-state index is 10.4. The molecule has 54 heavy (non-hydrogen) atoms. The van der Waals surface area contributed by atoms with Crippen LogP contribution in [-0.4, -0.2) is 9.13 Å². The van der Waals surface area contributed by atoms with Gasteiger partial charge >= 0.3 is 0 Å². The average Bonchev–Trinajstić information content (AvgIpc) is 3.77. The number of nitrogens with zero attached hydrogens (tertiary/aromatic N) is 4. The first-order valence-corrected chi connectivity index (χ1v) is 18.0. The van der Waals surface area contributed by atoms with E-state index >= 15 is 0 Å². The van der Waals surface area contributed by atoms with Gasteiger partial charge < -0.3 is 9.13 Å². The molecule has 0 aliphatic carbocycles. The van der Waals surface area contributed by atoms with Crippen LogP contribution in [0.15, 0.2) is 182 Å². The molecule has 2 heterocycles. The van der Waals surface area contributed by atoms with Crippen LogP contribution in [0.25, 0.3) is 88.4 Å². The van der Waals surface area contributed by atoms with Crippen molar-refractivity contribution in [2.75, 3.05) is 0 Å². The molecule has 0 fully saturated rings. The second kappa shape index (κ2) is 12.5. The fraction of sp³-hybridized carbons (Fsp3) is 0. The minimum absolute atomic E-state index is 0.459. The van der Waals surface area contributed by atoms with Gasteiger partial charge in [-0.25, -0.2) is 0 Å². The molecule has 0 bridgehead atoms. The van der Waals surface area contributed by atoms with Crippen molar-refractivity contribution in [3.8, 4) is 56.9 Å². The standard InChI is InChI=1S/C50H30N4/c51-31-33-24-25-38(36(28-33)32-52)44-29-43(35-16-6-2-7-17-35)48(30-42(44)34-14-4-1-5-15-34)54-46-23-13-11-21-41(46)49-47(54)27-26-40-39-20-10-12-22-45(39)53(50(40)49)37-18-8-3-9-19-37/h1-30H. The van der Waals surface area contributed by atoms with Crippen molar-refractivity contribution in [3.05, 3.63) is 193 Å². The van der Waals surface area contributed by atoms with Gasteiger partial charge in [-0.05, 0) is 76.9 Å². The number of nitriles is 2.